The van der Waals surface area contributed by atoms with Crippen molar-refractivity contribution in [3.8, 4) is 5.75 Å². The monoisotopic (exact) mass is 376 g/mol. The zero-order chi connectivity index (χ0) is 17.5. The van der Waals surface area contributed by atoms with Gasteiger partial charge < -0.3 is 20.5 Å². The van der Waals surface area contributed by atoms with E-state index in [1.54, 1.807) is 0 Å². The van der Waals surface area contributed by atoms with Crippen LogP contribution in [-0.2, 0) is 22.7 Å². The number of hydrogen-bond acceptors (Lipinski definition) is 4. The maximum atomic E-state index is 12.1. The number of rotatable bonds is 7. The van der Waals surface area contributed by atoms with Gasteiger partial charge >= 0.3 is 0 Å². The van der Waals surface area contributed by atoms with Gasteiger partial charge in [0.2, 0.25) is 5.91 Å². The summed E-state index contributed by atoms with van der Waals surface area (Å²) in [5.41, 5.74) is 7.70. The van der Waals surface area contributed by atoms with Gasteiger partial charge in [-0.1, -0.05) is 42.5 Å². The summed E-state index contributed by atoms with van der Waals surface area (Å²) in [5.74, 6) is 0.790. The number of carbonyl (C=O) groups is 1. The highest BCUT2D eigenvalue weighted by Crippen LogP contribution is 2.19. The van der Waals surface area contributed by atoms with Crippen LogP contribution in [0.1, 0.15) is 24.0 Å². The van der Waals surface area contributed by atoms with Gasteiger partial charge in [0, 0.05) is 13.1 Å². The third-order valence-corrected chi connectivity index (χ3v) is 4.30. The van der Waals surface area contributed by atoms with Crippen molar-refractivity contribution in [2.75, 3.05) is 6.54 Å². The molecule has 0 spiro atoms. The van der Waals surface area contributed by atoms with E-state index in [2.05, 4.69) is 5.32 Å². The summed E-state index contributed by atoms with van der Waals surface area (Å²) in [5, 5.41) is 2.93. The number of benzene rings is 2. The quantitative estimate of drug-likeness (QED) is 0.779. The first-order valence-corrected chi connectivity index (χ1v) is 8.63. The average Bonchev–Trinajstić information content (AvgIpc) is 3.15. The largest absolute Gasteiger partial charge is 0.489 e. The molecule has 0 radical (unpaired) electrons. The van der Waals surface area contributed by atoms with Crippen LogP contribution < -0.4 is 15.8 Å². The van der Waals surface area contributed by atoms with Crippen molar-refractivity contribution in [1.82, 2.24) is 5.32 Å². The van der Waals surface area contributed by atoms with Gasteiger partial charge in [-0.3, -0.25) is 4.79 Å². The summed E-state index contributed by atoms with van der Waals surface area (Å²) >= 11 is 0. The molecule has 0 aliphatic carbocycles. The number of ether oxygens (including phenoxy) is 2. The van der Waals surface area contributed by atoms with E-state index in [0.717, 1.165) is 29.7 Å². The van der Waals surface area contributed by atoms with Crippen LogP contribution in [0.15, 0.2) is 54.6 Å². The summed E-state index contributed by atoms with van der Waals surface area (Å²) in [6, 6.07) is 17.8. The number of amides is 1. The van der Waals surface area contributed by atoms with Gasteiger partial charge in [0.05, 0.1) is 6.10 Å². The number of para-hydroxylation sites is 1. The minimum Gasteiger partial charge on any atom is -0.489 e. The van der Waals surface area contributed by atoms with E-state index in [1.807, 2.05) is 54.6 Å². The molecule has 2 aromatic carbocycles. The molecule has 6 heteroatoms. The van der Waals surface area contributed by atoms with Crippen LogP contribution in [0.5, 0.6) is 5.75 Å². The Morgan fingerprint density at radius 2 is 1.77 bits per heavy atom. The van der Waals surface area contributed by atoms with E-state index >= 15 is 0 Å². The molecule has 3 rings (SSSR count). The molecule has 2 atom stereocenters. The lowest BCUT2D eigenvalue weighted by atomic mass is 10.1. The van der Waals surface area contributed by atoms with Crippen LogP contribution in [0, 0.1) is 0 Å². The minimum absolute atomic E-state index is 0. The smallest absolute Gasteiger partial charge is 0.249 e. The van der Waals surface area contributed by atoms with E-state index in [0.29, 0.717) is 19.7 Å². The molecular weight excluding hydrogens is 352 g/mol. The molecule has 0 aromatic heterocycles. The molecule has 0 bridgehead atoms. The molecule has 26 heavy (non-hydrogen) atoms. The highest BCUT2D eigenvalue weighted by molar-refractivity contribution is 5.85. The maximum absolute atomic E-state index is 12.1. The zero-order valence-electron chi connectivity index (χ0n) is 14.6. The fraction of sp³-hybridized carbons (Fsp3) is 0.350. The fourth-order valence-corrected chi connectivity index (χ4v) is 2.81. The van der Waals surface area contributed by atoms with Crippen LogP contribution in [0.25, 0.3) is 0 Å². The molecule has 5 nitrogen and oxygen atoms in total. The Morgan fingerprint density at radius 1 is 1.08 bits per heavy atom. The highest BCUT2D eigenvalue weighted by atomic mass is 35.5. The lowest BCUT2D eigenvalue weighted by Crippen LogP contribution is -2.35. The van der Waals surface area contributed by atoms with Gasteiger partial charge in [-0.05, 0) is 36.1 Å². The third kappa shape index (κ3) is 5.73. The van der Waals surface area contributed by atoms with Gasteiger partial charge in [-0.15, -0.1) is 12.4 Å². The lowest BCUT2D eigenvalue weighted by Gasteiger charge is -2.13. The van der Waals surface area contributed by atoms with E-state index in [9.17, 15) is 4.79 Å². The molecule has 1 aliphatic heterocycles. The standard InChI is InChI=1S/C20H24N2O3.ClH/c21-12-18-10-11-19(25-18)20(23)22-13-15-6-8-16(9-7-15)14-24-17-4-2-1-3-5-17;/h1-9,18-19H,10-14,21H2,(H,22,23);1H/t18-,19+;/m1./s1. The Hall–Kier alpha value is -2.08. The Balaban J connectivity index is 0.00000243. The third-order valence-electron chi connectivity index (χ3n) is 4.30. The van der Waals surface area contributed by atoms with E-state index in [-0.39, 0.29) is 30.5 Å². The fourth-order valence-electron chi connectivity index (χ4n) is 2.81. The molecule has 1 saturated heterocycles. The Labute approximate surface area is 160 Å². The number of hydrogen-bond donors (Lipinski definition) is 2. The number of nitrogens with one attached hydrogen (secondary N) is 1. The lowest BCUT2D eigenvalue weighted by molar-refractivity contribution is -0.132. The predicted octanol–water partition coefficient (Wildman–Crippen LogP) is 2.81. The van der Waals surface area contributed by atoms with Crippen molar-refractivity contribution in [3.05, 3.63) is 65.7 Å². The normalized spacial score (nSPS) is 18.8. The van der Waals surface area contributed by atoms with Crippen molar-refractivity contribution in [3.63, 3.8) is 0 Å². The summed E-state index contributed by atoms with van der Waals surface area (Å²) in [6.07, 6.45) is 1.24. The number of halogens is 1. The summed E-state index contributed by atoms with van der Waals surface area (Å²) < 4.78 is 11.3. The van der Waals surface area contributed by atoms with Crippen LogP contribution in [-0.4, -0.2) is 24.7 Å². The topological polar surface area (TPSA) is 73.6 Å². The summed E-state index contributed by atoms with van der Waals surface area (Å²) in [4.78, 5) is 12.1. The first-order valence-electron chi connectivity index (χ1n) is 8.63. The first-order chi connectivity index (χ1) is 12.2. The van der Waals surface area contributed by atoms with E-state index < -0.39 is 0 Å². The van der Waals surface area contributed by atoms with Gasteiger partial charge in [-0.2, -0.15) is 0 Å². The molecule has 1 amide bonds. The molecule has 1 aliphatic rings. The number of nitrogens with two attached hydrogens (primary N) is 1. The first kappa shape index (κ1) is 20.2. The second kappa shape index (κ2) is 10.2. The van der Waals surface area contributed by atoms with Gasteiger partial charge in [0.15, 0.2) is 0 Å². The molecule has 1 heterocycles. The molecule has 0 unspecified atom stereocenters. The second-order valence-corrected chi connectivity index (χ2v) is 6.20. The predicted molar refractivity (Wildman–Crippen MR) is 103 cm³/mol. The highest BCUT2D eigenvalue weighted by Gasteiger charge is 2.29. The van der Waals surface area contributed by atoms with E-state index in [4.69, 9.17) is 15.2 Å². The second-order valence-electron chi connectivity index (χ2n) is 6.20. The van der Waals surface area contributed by atoms with Crippen molar-refractivity contribution in [1.29, 1.82) is 0 Å². The SMILES string of the molecule is Cl.NC[C@H]1CC[C@@H](C(=O)NCc2ccc(COc3ccccc3)cc2)O1. The Kier molecular flexibility index (Phi) is 7.91. The average molecular weight is 377 g/mol. The van der Waals surface area contributed by atoms with Gasteiger partial charge in [-0.25, -0.2) is 0 Å². The number of carbonyl (C=O) groups excluding carboxylic acids is 1. The zero-order valence-corrected chi connectivity index (χ0v) is 15.4. The Morgan fingerprint density at radius 3 is 2.42 bits per heavy atom. The van der Waals surface area contributed by atoms with Gasteiger partial charge in [0.1, 0.15) is 18.5 Å². The maximum Gasteiger partial charge on any atom is 0.249 e. The molecule has 0 saturated carbocycles. The van der Waals surface area contributed by atoms with Crippen LogP contribution in [0.4, 0.5) is 0 Å². The van der Waals surface area contributed by atoms with Crippen molar-refractivity contribution in [2.45, 2.75) is 38.2 Å². The van der Waals surface area contributed by atoms with Crippen molar-refractivity contribution < 1.29 is 14.3 Å². The van der Waals surface area contributed by atoms with Crippen molar-refractivity contribution in [2.24, 2.45) is 5.73 Å². The molecular formula is C20H25ClN2O3. The summed E-state index contributed by atoms with van der Waals surface area (Å²) in [7, 11) is 0. The van der Waals surface area contributed by atoms with Gasteiger partial charge in [0.25, 0.3) is 0 Å². The molecule has 140 valence electrons. The van der Waals surface area contributed by atoms with Crippen LogP contribution >= 0.6 is 12.4 Å². The van der Waals surface area contributed by atoms with Crippen molar-refractivity contribution >= 4 is 18.3 Å². The van der Waals surface area contributed by atoms with E-state index in [1.165, 1.54) is 0 Å². The minimum atomic E-state index is -0.368. The van der Waals surface area contributed by atoms with Crippen LogP contribution in [0.3, 0.4) is 0 Å². The summed E-state index contributed by atoms with van der Waals surface area (Å²) in [6.45, 7) is 1.48. The van der Waals surface area contributed by atoms with Crippen LogP contribution in [0.2, 0.25) is 0 Å². The molecule has 2 aromatic rings. The molecule has 3 N–H and O–H groups in total. The Bertz CT molecular complexity index is 679. The molecule has 1 fully saturated rings.